The van der Waals surface area contributed by atoms with Crippen molar-refractivity contribution in [1.82, 2.24) is 0 Å². The van der Waals surface area contributed by atoms with E-state index in [0.717, 1.165) is 51.4 Å². The molecule has 1 aliphatic carbocycles. The van der Waals surface area contributed by atoms with Crippen molar-refractivity contribution in [3.8, 4) is 0 Å². The Bertz CT molecular complexity index is 1250. The molecule has 0 aromatic carbocycles. The molecular formula is C46H81O13P. The predicted molar refractivity (Wildman–Crippen MR) is 235 cm³/mol. The Morgan fingerprint density at radius 3 is 1.98 bits per heavy atom. The minimum atomic E-state index is -4.69. The van der Waals surface area contributed by atoms with E-state index in [1.807, 2.05) is 18.2 Å². The molecule has 1 rings (SSSR count). The van der Waals surface area contributed by atoms with Crippen LogP contribution in [0, 0.1) is 11.8 Å². The van der Waals surface area contributed by atoms with Gasteiger partial charge < -0.3 is 39.9 Å². The second kappa shape index (κ2) is 36.3. The number of allylic oxidation sites excluding steroid dienone is 6. The van der Waals surface area contributed by atoms with Gasteiger partial charge in [-0.25, -0.2) is 4.57 Å². The molecule has 0 heterocycles. The first-order valence-electron chi connectivity index (χ1n) is 22.9. The molecule has 0 bridgehead atoms. The molecule has 1 unspecified atom stereocenters. The molecule has 348 valence electrons. The lowest BCUT2D eigenvalue weighted by Crippen LogP contribution is -2.29. The van der Waals surface area contributed by atoms with Gasteiger partial charge >= 0.3 is 19.8 Å². The first kappa shape index (κ1) is 55.8. The highest BCUT2D eigenvalue weighted by Crippen LogP contribution is 2.43. The van der Waals surface area contributed by atoms with Crippen molar-refractivity contribution < 1.29 is 63.1 Å². The number of carbonyl (C=O) groups excluding carboxylic acids is 2. The Morgan fingerprint density at radius 2 is 1.28 bits per heavy atom. The van der Waals surface area contributed by atoms with Gasteiger partial charge in [0, 0.05) is 25.2 Å². The van der Waals surface area contributed by atoms with E-state index < -0.39 is 76.7 Å². The van der Waals surface area contributed by atoms with E-state index in [2.05, 4.69) is 42.7 Å². The van der Waals surface area contributed by atoms with Gasteiger partial charge in [-0.15, -0.1) is 0 Å². The van der Waals surface area contributed by atoms with Crippen molar-refractivity contribution in [2.45, 2.75) is 192 Å². The molecule has 1 aliphatic rings. The van der Waals surface area contributed by atoms with Gasteiger partial charge in [0.25, 0.3) is 0 Å². The zero-order chi connectivity index (χ0) is 44.3. The fourth-order valence-electron chi connectivity index (χ4n) is 6.99. The Hall–Kier alpha value is -2.19. The molecular weight excluding hydrogens is 791 g/mol. The van der Waals surface area contributed by atoms with Gasteiger partial charge in [-0.3, -0.25) is 18.6 Å². The smallest absolute Gasteiger partial charge is 0.462 e. The summed E-state index contributed by atoms with van der Waals surface area (Å²) < 4.78 is 32.7. The summed E-state index contributed by atoms with van der Waals surface area (Å²) in [6, 6.07) is 0. The maximum absolute atomic E-state index is 12.7. The number of aliphatic hydroxyl groups is 5. The Labute approximate surface area is 360 Å². The van der Waals surface area contributed by atoms with Gasteiger partial charge in [0.15, 0.2) is 6.10 Å². The standard InChI is InChI=1S/C46H81O13P/c1-3-5-7-8-9-10-11-12-13-14-15-16-17-18-19-20-25-29-45(52)56-36-40(37-58-60(54,55)57-35-39(49)34-47)59-46(53)30-26-22-21-24-28-41-42(44(51)33-43(41)50)32-31-38(48)27-23-6-4-2/h12-13,15-16,18-19,31-32,38-44,47-51H,3-11,14,17,20-30,33-37H2,1-2H3,(H,54,55)/b13-12-,16-15-,19-18-,32-31+/t38-,39-,40+,41+,42+,43-,44+/m0/s1. The van der Waals surface area contributed by atoms with Crippen LogP contribution >= 0.6 is 7.82 Å². The topological polar surface area (TPSA) is 210 Å². The summed E-state index contributed by atoms with van der Waals surface area (Å²) in [5.41, 5.74) is 0. The molecule has 0 spiro atoms. The minimum Gasteiger partial charge on any atom is -0.462 e. The number of ether oxygens (including phenoxy) is 2. The molecule has 0 amide bonds. The van der Waals surface area contributed by atoms with Crippen LogP contribution in [0.1, 0.15) is 162 Å². The highest BCUT2D eigenvalue weighted by Gasteiger charge is 2.39. The van der Waals surface area contributed by atoms with Crippen LogP contribution in [0.5, 0.6) is 0 Å². The Balaban J connectivity index is 2.47. The number of esters is 2. The van der Waals surface area contributed by atoms with E-state index in [1.165, 1.54) is 38.5 Å². The van der Waals surface area contributed by atoms with E-state index >= 15 is 0 Å². The largest absolute Gasteiger partial charge is 0.472 e. The lowest BCUT2D eigenvalue weighted by atomic mass is 9.88. The lowest BCUT2D eigenvalue weighted by molar-refractivity contribution is -0.161. The maximum atomic E-state index is 12.7. The summed E-state index contributed by atoms with van der Waals surface area (Å²) in [5, 5.41) is 49.8. The first-order chi connectivity index (χ1) is 28.9. The number of hydrogen-bond acceptors (Lipinski definition) is 12. The molecule has 1 fully saturated rings. The first-order valence-corrected chi connectivity index (χ1v) is 24.3. The molecule has 0 aromatic heterocycles. The van der Waals surface area contributed by atoms with Crippen molar-refractivity contribution in [2.24, 2.45) is 11.8 Å². The third-order valence-electron chi connectivity index (χ3n) is 10.6. The highest BCUT2D eigenvalue weighted by molar-refractivity contribution is 7.47. The van der Waals surface area contributed by atoms with Gasteiger partial charge in [0.05, 0.1) is 38.1 Å². The molecule has 14 heteroatoms. The molecule has 8 atom stereocenters. The number of unbranched alkanes of at least 4 members (excludes halogenated alkanes) is 12. The maximum Gasteiger partial charge on any atom is 0.472 e. The Morgan fingerprint density at radius 1 is 0.700 bits per heavy atom. The van der Waals surface area contributed by atoms with Crippen LogP contribution < -0.4 is 0 Å². The number of hydrogen-bond donors (Lipinski definition) is 6. The van der Waals surface area contributed by atoms with Gasteiger partial charge in [-0.1, -0.05) is 133 Å². The van der Waals surface area contributed by atoms with E-state index in [-0.39, 0.29) is 24.7 Å². The SMILES string of the molecule is CCCCCCCC/C=C\C/C=C\C/C=C\CCCC(=O)OC[C@H](COP(=O)(O)OC[C@@H](O)CO)OC(=O)CCCCCC[C@@H]1[C@@H](/C=C/[C@@H](O)CCCCC)[C@H](O)C[C@@H]1O. The summed E-state index contributed by atoms with van der Waals surface area (Å²) in [6.07, 6.45) is 31.5. The average molecular weight is 873 g/mol. The summed E-state index contributed by atoms with van der Waals surface area (Å²) in [5.74, 6) is -1.47. The van der Waals surface area contributed by atoms with Crippen LogP contribution in [0.3, 0.4) is 0 Å². The zero-order valence-electron chi connectivity index (χ0n) is 36.7. The zero-order valence-corrected chi connectivity index (χ0v) is 37.6. The second-order valence-electron chi connectivity index (χ2n) is 16.0. The van der Waals surface area contributed by atoms with Gasteiger partial charge in [-0.05, 0) is 63.7 Å². The van der Waals surface area contributed by atoms with Gasteiger partial charge in [0.1, 0.15) is 12.7 Å². The van der Waals surface area contributed by atoms with Crippen LogP contribution in [-0.4, -0.2) is 99.3 Å². The van der Waals surface area contributed by atoms with Gasteiger partial charge in [0.2, 0.25) is 0 Å². The molecule has 0 aromatic rings. The highest BCUT2D eigenvalue weighted by atomic mass is 31.2. The molecule has 13 nitrogen and oxygen atoms in total. The van der Waals surface area contributed by atoms with Crippen LogP contribution in [-0.2, 0) is 32.7 Å². The number of aliphatic hydroxyl groups excluding tert-OH is 5. The summed E-state index contributed by atoms with van der Waals surface area (Å²) in [7, 11) is -4.69. The fourth-order valence-corrected chi connectivity index (χ4v) is 7.78. The minimum absolute atomic E-state index is 0.0456. The molecule has 60 heavy (non-hydrogen) atoms. The molecule has 1 saturated carbocycles. The quantitative estimate of drug-likeness (QED) is 0.0149. The molecule has 0 radical (unpaired) electrons. The third kappa shape index (κ3) is 30.0. The van der Waals surface area contributed by atoms with Crippen molar-refractivity contribution in [3.63, 3.8) is 0 Å². The van der Waals surface area contributed by atoms with E-state index in [0.29, 0.717) is 44.9 Å². The van der Waals surface area contributed by atoms with Crippen molar-refractivity contribution >= 4 is 19.8 Å². The average Bonchev–Trinajstić information content (AvgIpc) is 3.49. The fraction of sp³-hybridized carbons (Fsp3) is 0.783. The van der Waals surface area contributed by atoms with Crippen LogP contribution in [0.4, 0.5) is 0 Å². The van der Waals surface area contributed by atoms with Gasteiger partial charge in [-0.2, -0.15) is 0 Å². The Kier molecular flexibility index (Phi) is 33.8. The molecule has 0 aliphatic heterocycles. The molecule has 6 N–H and O–H groups in total. The van der Waals surface area contributed by atoms with Crippen LogP contribution in [0.2, 0.25) is 0 Å². The normalized spacial score (nSPS) is 21.0. The van der Waals surface area contributed by atoms with Crippen LogP contribution in [0.15, 0.2) is 48.6 Å². The van der Waals surface area contributed by atoms with E-state index in [4.69, 9.17) is 19.1 Å². The lowest BCUT2D eigenvalue weighted by Gasteiger charge is -2.21. The third-order valence-corrected chi connectivity index (χ3v) is 11.5. The van der Waals surface area contributed by atoms with Crippen LogP contribution in [0.25, 0.3) is 0 Å². The number of carbonyl (C=O) groups is 2. The van der Waals surface area contributed by atoms with Crippen molar-refractivity contribution in [1.29, 1.82) is 0 Å². The second-order valence-corrected chi connectivity index (χ2v) is 17.5. The number of phosphoric acid groups is 1. The monoisotopic (exact) mass is 873 g/mol. The predicted octanol–water partition coefficient (Wildman–Crippen LogP) is 8.49. The number of phosphoric ester groups is 1. The molecule has 0 saturated heterocycles. The number of rotatable bonds is 38. The van der Waals surface area contributed by atoms with Crippen molar-refractivity contribution in [3.05, 3.63) is 48.6 Å². The summed E-state index contributed by atoms with van der Waals surface area (Å²) in [4.78, 5) is 35.2. The van der Waals surface area contributed by atoms with Crippen molar-refractivity contribution in [2.75, 3.05) is 26.4 Å². The summed E-state index contributed by atoms with van der Waals surface area (Å²) in [6.45, 7) is 1.97. The van der Waals surface area contributed by atoms with E-state index in [9.17, 15) is 39.5 Å². The van der Waals surface area contributed by atoms with E-state index in [1.54, 1.807) is 6.08 Å². The summed E-state index contributed by atoms with van der Waals surface area (Å²) >= 11 is 0.